The van der Waals surface area contributed by atoms with Gasteiger partial charge >= 0.3 is 5.97 Å². The molecule has 2 N–H and O–H groups in total. The maximum Gasteiger partial charge on any atom is 0.337 e. The van der Waals surface area contributed by atoms with Crippen LogP contribution < -0.4 is 0 Å². The van der Waals surface area contributed by atoms with Crippen molar-refractivity contribution in [2.45, 2.75) is 0 Å². The van der Waals surface area contributed by atoms with Crippen molar-refractivity contribution in [3.05, 3.63) is 78.6 Å². The molecule has 0 bridgehead atoms. The van der Waals surface area contributed by atoms with Gasteiger partial charge in [-0.1, -0.05) is 54.6 Å². The van der Waals surface area contributed by atoms with E-state index in [0.717, 1.165) is 27.8 Å². The number of carboxylic acids is 1. The quantitative estimate of drug-likeness (QED) is 0.581. The molecular weight excluding hydrogens is 300 g/mol. The van der Waals surface area contributed by atoms with E-state index in [0.29, 0.717) is 5.52 Å². The van der Waals surface area contributed by atoms with Gasteiger partial charge in [0, 0.05) is 0 Å². The van der Waals surface area contributed by atoms with Gasteiger partial charge in [-0.2, -0.15) is 0 Å². The van der Waals surface area contributed by atoms with Crippen LogP contribution in [0.5, 0.6) is 0 Å². The number of nitrogens with one attached hydrogen (secondary N) is 1. The maximum absolute atomic E-state index is 11.5. The summed E-state index contributed by atoms with van der Waals surface area (Å²) in [5.41, 5.74) is 5.50. The van der Waals surface area contributed by atoms with Gasteiger partial charge in [0.1, 0.15) is 5.52 Å². The zero-order chi connectivity index (χ0) is 16.5. The Hall–Kier alpha value is -3.40. The third-order valence-corrected chi connectivity index (χ3v) is 4.08. The molecule has 1 aromatic heterocycles. The molecule has 4 rings (SSSR count). The first-order chi connectivity index (χ1) is 11.7. The van der Waals surface area contributed by atoms with Gasteiger partial charge in [0.25, 0.3) is 0 Å². The highest BCUT2D eigenvalue weighted by atomic mass is 16.4. The van der Waals surface area contributed by atoms with Crippen LogP contribution in [0.15, 0.2) is 73.1 Å². The van der Waals surface area contributed by atoms with E-state index in [1.165, 1.54) is 6.33 Å². The molecule has 0 aliphatic heterocycles. The van der Waals surface area contributed by atoms with Crippen LogP contribution in [-0.2, 0) is 0 Å². The number of imidazole rings is 1. The first kappa shape index (κ1) is 14.2. The largest absolute Gasteiger partial charge is 0.478 e. The van der Waals surface area contributed by atoms with E-state index >= 15 is 0 Å². The highest BCUT2D eigenvalue weighted by molar-refractivity contribution is 6.03. The lowest BCUT2D eigenvalue weighted by molar-refractivity contribution is 0.0699. The van der Waals surface area contributed by atoms with Crippen LogP contribution in [0.2, 0.25) is 0 Å². The molecule has 0 radical (unpaired) electrons. The molecule has 0 fully saturated rings. The number of benzene rings is 3. The van der Waals surface area contributed by atoms with Crippen molar-refractivity contribution in [2.75, 3.05) is 0 Å². The average molecular weight is 314 g/mol. The van der Waals surface area contributed by atoms with Crippen molar-refractivity contribution in [1.29, 1.82) is 0 Å². The van der Waals surface area contributed by atoms with Crippen LogP contribution in [-0.4, -0.2) is 21.0 Å². The molecule has 4 heteroatoms. The molecule has 3 aromatic carbocycles. The Bertz CT molecular complexity index is 1020. The summed E-state index contributed by atoms with van der Waals surface area (Å²) in [5, 5.41) is 9.41. The molecule has 0 saturated heterocycles. The Morgan fingerprint density at radius 1 is 0.833 bits per heavy atom. The molecule has 24 heavy (non-hydrogen) atoms. The molecule has 0 saturated carbocycles. The van der Waals surface area contributed by atoms with Crippen molar-refractivity contribution in [1.82, 2.24) is 9.97 Å². The lowest BCUT2D eigenvalue weighted by atomic mass is 9.98. The fourth-order valence-corrected chi connectivity index (χ4v) is 2.87. The minimum atomic E-state index is -0.977. The van der Waals surface area contributed by atoms with E-state index in [2.05, 4.69) is 22.1 Å². The lowest BCUT2D eigenvalue weighted by Crippen LogP contribution is -1.98. The average Bonchev–Trinajstić information content (AvgIpc) is 3.10. The fraction of sp³-hybridized carbons (Fsp3) is 0. The normalized spacial score (nSPS) is 10.8. The predicted molar refractivity (Wildman–Crippen MR) is 93.9 cm³/mol. The van der Waals surface area contributed by atoms with Gasteiger partial charge in [0.2, 0.25) is 0 Å². The number of carbonyl (C=O) groups is 1. The minimum absolute atomic E-state index is 0.205. The van der Waals surface area contributed by atoms with Crippen molar-refractivity contribution < 1.29 is 9.90 Å². The molecule has 4 aromatic rings. The SMILES string of the molecule is O=C(O)c1cc(-c2ccc(-c3ccccc3)cc2)cc2[nH]cnc12. The summed E-state index contributed by atoms with van der Waals surface area (Å²) in [4.78, 5) is 18.6. The van der Waals surface area contributed by atoms with E-state index in [9.17, 15) is 9.90 Å². The number of hydrogen-bond donors (Lipinski definition) is 2. The monoisotopic (exact) mass is 314 g/mol. The Kier molecular flexibility index (Phi) is 3.35. The summed E-state index contributed by atoms with van der Waals surface area (Å²) in [6, 6.07) is 21.8. The second kappa shape index (κ2) is 5.66. The first-order valence-electron chi connectivity index (χ1n) is 7.58. The number of carboxylic acid groups (broad SMARTS) is 1. The van der Waals surface area contributed by atoms with Crippen molar-refractivity contribution in [3.63, 3.8) is 0 Å². The van der Waals surface area contributed by atoms with Gasteiger partial charge < -0.3 is 10.1 Å². The van der Waals surface area contributed by atoms with E-state index in [1.54, 1.807) is 6.07 Å². The summed E-state index contributed by atoms with van der Waals surface area (Å²) >= 11 is 0. The number of rotatable bonds is 3. The van der Waals surface area contributed by atoms with E-state index in [1.807, 2.05) is 48.5 Å². The zero-order valence-corrected chi connectivity index (χ0v) is 12.7. The molecular formula is C20H14N2O2. The molecule has 4 nitrogen and oxygen atoms in total. The van der Waals surface area contributed by atoms with Gasteiger partial charge in [0.05, 0.1) is 17.4 Å². The van der Waals surface area contributed by atoms with Crippen LogP contribution in [0, 0.1) is 0 Å². The Morgan fingerprint density at radius 3 is 2.12 bits per heavy atom. The zero-order valence-electron chi connectivity index (χ0n) is 12.7. The van der Waals surface area contributed by atoms with Gasteiger partial charge in [0.15, 0.2) is 0 Å². The Labute approximate surface area is 138 Å². The van der Waals surface area contributed by atoms with Crippen LogP contribution in [0.25, 0.3) is 33.3 Å². The molecule has 0 aliphatic rings. The molecule has 116 valence electrons. The van der Waals surface area contributed by atoms with Crippen molar-refractivity contribution in [3.8, 4) is 22.3 Å². The third-order valence-electron chi connectivity index (χ3n) is 4.08. The van der Waals surface area contributed by atoms with Gasteiger partial charge in [-0.15, -0.1) is 0 Å². The van der Waals surface area contributed by atoms with Crippen LogP contribution in [0.4, 0.5) is 0 Å². The predicted octanol–water partition coefficient (Wildman–Crippen LogP) is 4.60. The Morgan fingerprint density at radius 2 is 1.46 bits per heavy atom. The number of hydrogen-bond acceptors (Lipinski definition) is 2. The van der Waals surface area contributed by atoms with Gasteiger partial charge in [-0.25, -0.2) is 9.78 Å². The molecule has 0 atom stereocenters. The summed E-state index contributed by atoms with van der Waals surface area (Å²) in [7, 11) is 0. The van der Waals surface area contributed by atoms with Gasteiger partial charge in [-0.3, -0.25) is 0 Å². The maximum atomic E-state index is 11.5. The highest BCUT2D eigenvalue weighted by Crippen LogP contribution is 2.28. The molecule has 0 amide bonds. The highest BCUT2D eigenvalue weighted by Gasteiger charge is 2.13. The van der Waals surface area contributed by atoms with Crippen LogP contribution >= 0.6 is 0 Å². The second-order valence-electron chi connectivity index (χ2n) is 5.57. The minimum Gasteiger partial charge on any atom is -0.478 e. The van der Waals surface area contributed by atoms with E-state index in [4.69, 9.17) is 0 Å². The van der Waals surface area contributed by atoms with E-state index in [-0.39, 0.29) is 5.56 Å². The third kappa shape index (κ3) is 2.44. The number of H-pyrrole nitrogens is 1. The fourth-order valence-electron chi connectivity index (χ4n) is 2.87. The standard InChI is InChI=1S/C20H14N2O2/c23-20(24)17-10-16(11-18-19(17)22-12-21-18)15-8-6-14(7-9-15)13-4-2-1-3-5-13/h1-12H,(H,21,22)(H,23,24). The number of nitrogens with zero attached hydrogens (tertiary/aromatic N) is 1. The van der Waals surface area contributed by atoms with Crippen LogP contribution in [0.1, 0.15) is 10.4 Å². The van der Waals surface area contributed by atoms with Gasteiger partial charge in [-0.05, 0) is 34.4 Å². The molecule has 0 spiro atoms. The van der Waals surface area contributed by atoms with Crippen LogP contribution in [0.3, 0.4) is 0 Å². The number of aromatic nitrogens is 2. The Balaban J connectivity index is 1.79. The number of aromatic amines is 1. The topological polar surface area (TPSA) is 66.0 Å². The lowest BCUT2D eigenvalue weighted by Gasteiger charge is -2.07. The molecule has 0 unspecified atom stereocenters. The summed E-state index contributed by atoms with van der Waals surface area (Å²) in [6.07, 6.45) is 1.51. The van der Waals surface area contributed by atoms with Crippen molar-refractivity contribution >= 4 is 17.0 Å². The first-order valence-corrected chi connectivity index (χ1v) is 7.58. The smallest absolute Gasteiger partial charge is 0.337 e. The summed E-state index contributed by atoms with van der Waals surface area (Å²) < 4.78 is 0. The molecule has 0 aliphatic carbocycles. The number of aromatic carboxylic acids is 1. The molecule has 1 heterocycles. The van der Waals surface area contributed by atoms with Crippen molar-refractivity contribution in [2.24, 2.45) is 0 Å². The summed E-state index contributed by atoms with van der Waals surface area (Å²) in [5.74, 6) is -0.977. The van der Waals surface area contributed by atoms with E-state index < -0.39 is 5.97 Å². The summed E-state index contributed by atoms with van der Waals surface area (Å²) in [6.45, 7) is 0. The number of fused-ring (bicyclic) bond motifs is 1. The second-order valence-corrected chi connectivity index (χ2v) is 5.57.